The standard InChI is InChI=1S/C16H18N2O3/c1-5-6-17-14(19)15(20)18(16(17)21)9-13-11(3)7-10(2)8-12(13)4/h5,7-8H,1,6,9H2,2-4H3. The second-order valence-corrected chi connectivity index (χ2v) is 5.26. The quantitative estimate of drug-likeness (QED) is 0.484. The fourth-order valence-corrected chi connectivity index (χ4v) is 2.60. The van der Waals surface area contributed by atoms with Crippen LogP contribution in [0.1, 0.15) is 22.3 Å². The van der Waals surface area contributed by atoms with Crippen LogP contribution in [0.4, 0.5) is 4.79 Å². The minimum atomic E-state index is -0.790. The average molecular weight is 286 g/mol. The van der Waals surface area contributed by atoms with Gasteiger partial charge in [-0.1, -0.05) is 23.8 Å². The van der Waals surface area contributed by atoms with Crippen molar-refractivity contribution in [1.82, 2.24) is 9.80 Å². The Morgan fingerprint density at radius 3 is 2.05 bits per heavy atom. The Bertz CT molecular complexity index is 626. The summed E-state index contributed by atoms with van der Waals surface area (Å²) in [5.41, 5.74) is 4.03. The number of hydrogen-bond acceptors (Lipinski definition) is 3. The summed E-state index contributed by atoms with van der Waals surface area (Å²) in [6.45, 7) is 9.52. The third-order valence-corrected chi connectivity index (χ3v) is 3.60. The van der Waals surface area contributed by atoms with Crippen LogP contribution in [-0.4, -0.2) is 34.2 Å². The maximum Gasteiger partial charge on any atom is 0.334 e. The lowest BCUT2D eigenvalue weighted by Gasteiger charge is -2.18. The van der Waals surface area contributed by atoms with Crippen molar-refractivity contribution in [3.63, 3.8) is 0 Å². The first-order valence-corrected chi connectivity index (χ1v) is 6.71. The predicted octanol–water partition coefficient (Wildman–Crippen LogP) is 2.09. The molecule has 1 fully saturated rings. The smallest absolute Gasteiger partial charge is 0.263 e. The summed E-state index contributed by atoms with van der Waals surface area (Å²) < 4.78 is 0. The molecule has 5 heteroatoms. The van der Waals surface area contributed by atoms with Gasteiger partial charge in [0.1, 0.15) is 0 Å². The molecule has 0 atom stereocenters. The van der Waals surface area contributed by atoms with E-state index in [1.54, 1.807) is 0 Å². The molecule has 0 aromatic heterocycles. The van der Waals surface area contributed by atoms with Gasteiger partial charge in [0, 0.05) is 6.54 Å². The van der Waals surface area contributed by atoms with Gasteiger partial charge in [0.25, 0.3) is 0 Å². The largest absolute Gasteiger partial charge is 0.334 e. The number of nitrogens with zero attached hydrogens (tertiary/aromatic N) is 2. The lowest BCUT2D eigenvalue weighted by molar-refractivity contribution is -0.143. The fraction of sp³-hybridized carbons (Fsp3) is 0.312. The number of amides is 4. The molecule has 1 heterocycles. The Balaban J connectivity index is 2.32. The first-order chi connectivity index (χ1) is 9.86. The molecule has 0 saturated carbocycles. The first-order valence-electron chi connectivity index (χ1n) is 6.71. The lowest BCUT2D eigenvalue weighted by Crippen LogP contribution is -2.33. The van der Waals surface area contributed by atoms with Gasteiger partial charge < -0.3 is 0 Å². The molecule has 1 aromatic carbocycles. The first kappa shape index (κ1) is 15.0. The average Bonchev–Trinajstić information content (AvgIpc) is 2.59. The van der Waals surface area contributed by atoms with Crippen molar-refractivity contribution >= 4 is 17.8 Å². The Kier molecular flexibility index (Phi) is 3.93. The van der Waals surface area contributed by atoms with E-state index in [0.717, 1.165) is 32.1 Å². The van der Waals surface area contributed by atoms with E-state index in [9.17, 15) is 14.4 Å². The maximum absolute atomic E-state index is 12.2. The van der Waals surface area contributed by atoms with Crippen molar-refractivity contribution in [3.8, 4) is 0 Å². The zero-order valence-corrected chi connectivity index (χ0v) is 12.5. The van der Waals surface area contributed by atoms with Crippen molar-refractivity contribution < 1.29 is 14.4 Å². The van der Waals surface area contributed by atoms with E-state index in [2.05, 4.69) is 6.58 Å². The number of carbonyl (C=O) groups excluding carboxylic acids is 3. The Morgan fingerprint density at radius 1 is 1.00 bits per heavy atom. The third-order valence-electron chi connectivity index (χ3n) is 3.60. The third kappa shape index (κ3) is 2.59. The van der Waals surface area contributed by atoms with E-state index in [1.165, 1.54) is 6.08 Å². The SMILES string of the molecule is C=CCN1C(=O)C(=O)N(Cc2c(C)cc(C)cc2C)C1=O. The number of imide groups is 2. The molecule has 1 aromatic rings. The molecule has 1 aliphatic rings. The second kappa shape index (κ2) is 5.52. The molecule has 4 amide bonds. The molecule has 0 unspecified atom stereocenters. The van der Waals surface area contributed by atoms with E-state index in [0.29, 0.717) is 0 Å². The summed E-state index contributed by atoms with van der Waals surface area (Å²) in [7, 11) is 0. The molecule has 0 bridgehead atoms. The van der Waals surface area contributed by atoms with Crippen molar-refractivity contribution in [2.24, 2.45) is 0 Å². The second-order valence-electron chi connectivity index (χ2n) is 5.26. The number of benzene rings is 1. The summed E-state index contributed by atoms with van der Waals surface area (Å²) in [6.07, 6.45) is 1.43. The summed E-state index contributed by atoms with van der Waals surface area (Å²) in [4.78, 5) is 37.9. The van der Waals surface area contributed by atoms with Gasteiger partial charge in [-0.25, -0.2) is 4.79 Å². The molecule has 0 spiro atoms. The number of rotatable bonds is 4. The van der Waals surface area contributed by atoms with Crippen LogP contribution in [0.25, 0.3) is 0 Å². The van der Waals surface area contributed by atoms with Gasteiger partial charge in [-0.05, 0) is 37.5 Å². The van der Waals surface area contributed by atoms with Crippen LogP contribution in [0.2, 0.25) is 0 Å². The summed E-state index contributed by atoms with van der Waals surface area (Å²) in [6, 6.07) is 3.41. The van der Waals surface area contributed by atoms with E-state index in [1.807, 2.05) is 32.9 Å². The van der Waals surface area contributed by atoms with Crippen molar-refractivity contribution in [3.05, 3.63) is 47.0 Å². The normalized spacial score (nSPS) is 15.1. The van der Waals surface area contributed by atoms with Crippen LogP contribution in [0, 0.1) is 20.8 Å². The van der Waals surface area contributed by atoms with Crippen molar-refractivity contribution in [2.45, 2.75) is 27.3 Å². The van der Waals surface area contributed by atoms with Crippen LogP contribution < -0.4 is 0 Å². The minimum Gasteiger partial charge on any atom is -0.263 e. The molecule has 110 valence electrons. The summed E-state index contributed by atoms with van der Waals surface area (Å²) >= 11 is 0. The summed E-state index contributed by atoms with van der Waals surface area (Å²) in [5.74, 6) is -1.57. The van der Waals surface area contributed by atoms with Gasteiger partial charge in [0.2, 0.25) is 0 Å². The Hall–Kier alpha value is -2.43. The Morgan fingerprint density at radius 2 is 1.52 bits per heavy atom. The van der Waals surface area contributed by atoms with E-state index in [4.69, 9.17) is 0 Å². The molecule has 0 N–H and O–H groups in total. The predicted molar refractivity (Wildman–Crippen MR) is 78.5 cm³/mol. The van der Waals surface area contributed by atoms with Crippen molar-refractivity contribution in [2.75, 3.05) is 6.54 Å². The van der Waals surface area contributed by atoms with E-state index in [-0.39, 0.29) is 13.1 Å². The summed E-state index contributed by atoms with van der Waals surface area (Å²) in [5, 5.41) is 0. The maximum atomic E-state index is 12.2. The molecular weight excluding hydrogens is 268 g/mol. The van der Waals surface area contributed by atoms with Crippen LogP contribution in [0.3, 0.4) is 0 Å². The lowest BCUT2D eigenvalue weighted by atomic mass is 9.99. The van der Waals surface area contributed by atoms with Crippen LogP contribution in [-0.2, 0) is 16.1 Å². The highest BCUT2D eigenvalue weighted by Crippen LogP contribution is 2.22. The minimum absolute atomic E-state index is 0.0474. The molecular formula is C16H18N2O3. The number of aryl methyl sites for hydroxylation is 3. The highest BCUT2D eigenvalue weighted by atomic mass is 16.2. The molecule has 0 radical (unpaired) electrons. The molecule has 0 aliphatic carbocycles. The van der Waals surface area contributed by atoms with Gasteiger partial charge in [-0.2, -0.15) is 0 Å². The molecule has 1 saturated heterocycles. The van der Waals surface area contributed by atoms with Gasteiger partial charge in [0.15, 0.2) is 0 Å². The zero-order valence-electron chi connectivity index (χ0n) is 12.5. The molecule has 2 rings (SSSR count). The Labute approximate surface area is 123 Å². The van der Waals surface area contributed by atoms with Crippen molar-refractivity contribution in [1.29, 1.82) is 0 Å². The van der Waals surface area contributed by atoms with Gasteiger partial charge in [-0.15, -0.1) is 6.58 Å². The molecule has 21 heavy (non-hydrogen) atoms. The van der Waals surface area contributed by atoms with Gasteiger partial charge in [-0.3, -0.25) is 19.4 Å². The molecule has 5 nitrogen and oxygen atoms in total. The monoisotopic (exact) mass is 286 g/mol. The van der Waals surface area contributed by atoms with Gasteiger partial charge in [0.05, 0.1) is 6.54 Å². The number of urea groups is 1. The van der Waals surface area contributed by atoms with Gasteiger partial charge >= 0.3 is 17.8 Å². The van der Waals surface area contributed by atoms with Crippen LogP contribution in [0.5, 0.6) is 0 Å². The van der Waals surface area contributed by atoms with E-state index < -0.39 is 17.8 Å². The van der Waals surface area contributed by atoms with Crippen LogP contribution in [0.15, 0.2) is 24.8 Å². The highest BCUT2D eigenvalue weighted by Gasteiger charge is 2.43. The number of carbonyl (C=O) groups is 3. The zero-order chi connectivity index (χ0) is 15.7. The number of hydrogen-bond donors (Lipinski definition) is 0. The highest BCUT2D eigenvalue weighted by molar-refractivity contribution is 6.44. The molecule has 1 aliphatic heterocycles. The van der Waals surface area contributed by atoms with E-state index >= 15 is 0 Å². The van der Waals surface area contributed by atoms with Crippen LogP contribution >= 0.6 is 0 Å². The fourth-order valence-electron chi connectivity index (χ4n) is 2.60. The topological polar surface area (TPSA) is 57.7 Å².